The van der Waals surface area contributed by atoms with E-state index >= 15 is 0 Å². The fourth-order valence-corrected chi connectivity index (χ4v) is 5.30. The molecule has 3 atom stereocenters. The number of halogens is 2. The Hall–Kier alpha value is -2.51. The van der Waals surface area contributed by atoms with Gasteiger partial charge < -0.3 is 14.2 Å². The van der Waals surface area contributed by atoms with Crippen LogP contribution in [0.3, 0.4) is 0 Å². The number of nitrogens with zero attached hydrogens (tertiary/aromatic N) is 1. The van der Waals surface area contributed by atoms with Crippen LogP contribution in [0.2, 0.25) is 0 Å². The molecule has 7 heteroatoms. The molecule has 5 nitrogen and oxygen atoms in total. The molecule has 0 radical (unpaired) electrons. The minimum Gasteiger partial charge on any atom is -0.443 e. The minimum atomic E-state index is -2.70. The Morgan fingerprint density at radius 3 is 2.29 bits per heavy atom. The number of hydrogen-bond donors (Lipinski definition) is 0. The predicted molar refractivity (Wildman–Crippen MR) is 129 cm³/mol. The molecule has 2 aromatic carbocycles. The molecular formula is C28H35F2NO4. The van der Waals surface area contributed by atoms with Gasteiger partial charge in [-0.1, -0.05) is 60.7 Å². The molecule has 0 bridgehead atoms. The van der Waals surface area contributed by atoms with Gasteiger partial charge in [0.05, 0.1) is 31.5 Å². The normalized spacial score (nSPS) is 26.7. The molecule has 0 spiro atoms. The standard InChI is InChI=1S/C28H35F2NO4/c1-20-16-26(34-17-21-8-4-2-5-9-21)25(31(20)28(32)35-19-27(29)30)18-33-24-14-12-23(13-15-24)22-10-6-3-7-11-22/h2-11,20,23-27H,12-19H2,1H3/t20-,23-,24+,25?,26?/m1/s1. The summed E-state index contributed by atoms with van der Waals surface area (Å²) in [4.78, 5) is 14.2. The van der Waals surface area contributed by atoms with E-state index in [0.717, 1.165) is 31.2 Å². The molecule has 1 saturated carbocycles. The molecule has 2 aliphatic rings. The zero-order valence-electron chi connectivity index (χ0n) is 20.2. The lowest BCUT2D eigenvalue weighted by molar-refractivity contribution is -0.0504. The average molecular weight is 488 g/mol. The van der Waals surface area contributed by atoms with Crippen molar-refractivity contribution in [1.29, 1.82) is 0 Å². The summed E-state index contributed by atoms with van der Waals surface area (Å²) < 4.78 is 42.7. The van der Waals surface area contributed by atoms with Gasteiger partial charge in [-0.2, -0.15) is 0 Å². The summed E-state index contributed by atoms with van der Waals surface area (Å²) in [5.74, 6) is 0.547. The molecule has 1 heterocycles. The Kier molecular flexibility index (Phi) is 9.10. The van der Waals surface area contributed by atoms with Gasteiger partial charge in [-0.25, -0.2) is 13.6 Å². The first-order chi connectivity index (χ1) is 17.0. The van der Waals surface area contributed by atoms with Crippen LogP contribution in [0.4, 0.5) is 13.6 Å². The van der Waals surface area contributed by atoms with Gasteiger partial charge in [0.25, 0.3) is 6.43 Å². The number of ether oxygens (including phenoxy) is 3. The van der Waals surface area contributed by atoms with E-state index in [9.17, 15) is 13.6 Å². The Morgan fingerprint density at radius 1 is 0.971 bits per heavy atom. The van der Waals surface area contributed by atoms with Crippen LogP contribution in [0.5, 0.6) is 0 Å². The van der Waals surface area contributed by atoms with Gasteiger partial charge in [0, 0.05) is 6.04 Å². The van der Waals surface area contributed by atoms with E-state index in [1.54, 1.807) is 0 Å². The lowest BCUT2D eigenvalue weighted by Crippen LogP contribution is -2.47. The highest BCUT2D eigenvalue weighted by atomic mass is 19.3. The highest BCUT2D eigenvalue weighted by Gasteiger charge is 2.44. The number of rotatable bonds is 9. The third kappa shape index (κ3) is 7.01. The van der Waals surface area contributed by atoms with Gasteiger partial charge >= 0.3 is 6.09 Å². The van der Waals surface area contributed by atoms with Crippen molar-refractivity contribution >= 4 is 6.09 Å². The second kappa shape index (κ2) is 12.5. The van der Waals surface area contributed by atoms with Crippen LogP contribution in [0, 0.1) is 0 Å². The Bertz CT molecular complexity index is 906. The maximum absolute atomic E-state index is 12.7. The van der Waals surface area contributed by atoms with Crippen molar-refractivity contribution in [1.82, 2.24) is 4.90 Å². The summed E-state index contributed by atoms with van der Waals surface area (Å²) in [6.07, 6.45) is 1.05. The van der Waals surface area contributed by atoms with Gasteiger partial charge in [0.15, 0.2) is 6.61 Å². The van der Waals surface area contributed by atoms with E-state index < -0.39 is 19.1 Å². The van der Waals surface area contributed by atoms with Crippen LogP contribution in [0.1, 0.15) is 56.1 Å². The van der Waals surface area contributed by atoms with Crippen LogP contribution in [0.25, 0.3) is 0 Å². The molecule has 190 valence electrons. The summed E-state index contributed by atoms with van der Waals surface area (Å²) in [6, 6.07) is 19.8. The van der Waals surface area contributed by atoms with Crippen molar-refractivity contribution in [3.05, 3.63) is 71.8 Å². The third-order valence-electron chi connectivity index (χ3n) is 7.13. The van der Waals surface area contributed by atoms with E-state index in [0.29, 0.717) is 25.6 Å². The van der Waals surface area contributed by atoms with Crippen LogP contribution >= 0.6 is 0 Å². The maximum atomic E-state index is 12.7. The van der Waals surface area contributed by atoms with Crippen molar-refractivity contribution in [2.45, 2.75) is 82.3 Å². The van der Waals surface area contributed by atoms with E-state index in [1.807, 2.05) is 43.3 Å². The molecule has 2 aromatic rings. The zero-order valence-corrected chi connectivity index (χ0v) is 20.2. The average Bonchev–Trinajstić information content (AvgIpc) is 3.21. The molecule has 35 heavy (non-hydrogen) atoms. The van der Waals surface area contributed by atoms with E-state index in [-0.39, 0.29) is 24.3 Å². The Labute approximate surface area is 206 Å². The Morgan fingerprint density at radius 2 is 1.63 bits per heavy atom. The van der Waals surface area contributed by atoms with Crippen LogP contribution < -0.4 is 0 Å². The van der Waals surface area contributed by atoms with Crippen molar-refractivity contribution in [2.24, 2.45) is 0 Å². The number of carbonyl (C=O) groups excluding carboxylic acids is 1. The summed E-state index contributed by atoms with van der Waals surface area (Å²) >= 11 is 0. The van der Waals surface area contributed by atoms with E-state index in [1.165, 1.54) is 10.5 Å². The minimum absolute atomic E-state index is 0.111. The number of hydrogen-bond acceptors (Lipinski definition) is 4. The van der Waals surface area contributed by atoms with Gasteiger partial charge in [-0.3, -0.25) is 4.90 Å². The van der Waals surface area contributed by atoms with E-state index in [2.05, 4.69) is 24.3 Å². The third-order valence-corrected chi connectivity index (χ3v) is 7.13. The first-order valence-corrected chi connectivity index (χ1v) is 12.6. The summed E-state index contributed by atoms with van der Waals surface area (Å²) in [6.45, 7) is 1.70. The second-order valence-electron chi connectivity index (χ2n) is 9.58. The molecule has 1 aliphatic carbocycles. The van der Waals surface area contributed by atoms with Crippen molar-refractivity contribution < 1.29 is 27.8 Å². The largest absolute Gasteiger partial charge is 0.443 e. The van der Waals surface area contributed by atoms with Gasteiger partial charge in [-0.05, 0) is 56.1 Å². The fraction of sp³-hybridized carbons (Fsp3) is 0.536. The first kappa shape index (κ1) is 25.6. The molecule has 1 saturated heterocycles. The number of carbonyl (C=O) groups is 1. The molecule has 0 N–H and O–H groups in total. The lowest BCUT2D eigenvalue weighted by atomic mass is 9.83. The number of amides is 1. The Balaban J connectivity index is 1.36. The summed E-state index contributed by atoms with van der Waals surface area (Å²) in [5, 5.41) is 0. The lowest BCUT2D eigenvalue weighted by Gasteiger charge is -2.33. The first-order valence-electron chi connectivity index (χ1n) is 12.6. The number of benzene rings is 2. The molecule has 2 unspecified atom stereocenters. The zero-order chi connectivity index (χ0) is 24.6. The highest BCUT2D eigenvalue weighted by Crippen LogP contribution is 2.35. The van der Waals surface area contributed by atoms with Crippen LogP contribution in [-0.2, 0) is 20.8 Å². The van der Waals surface area contributed by atoms with E-state index in [4.69, 9.17) is 14.2 Å². The molecule has 4 rings (SSSR count). The smallest absolute Gasteiger partial charge is 0.410 e. The number of alkyl halides is 2. The molecular weight excluding hydrogens is 452 g/mol. The van der Waals surface area contributed by atoms with Crippen LogP contribution in [-0.4, -0.2) is 54.9 Å². The van der Waals surface area contributed by atoms with Crippen molar-refractivity contribution in [3.8, 4) is 0 Å². The summed E-state index contributed by atoms with van der Waals surface area (Å²) in [5.41, 5.74) is 2.41. The molecule has 0 aromatic heterocycles. The summed E-state index contributed by atoms with van der Waals surface area (Å²) in [7, 11) is 0. The second-order valence-corrected chi connectivity index (χ2v) is 9.58. The quantitative estimate of drug-likeness (QED) is 0.424. The van der Waals surface area contributed by atoms with Gasteiger partial charge in [-0.15, -0.1) is 0 Å². The van der Waals surface area contributed by atoms with Crippen molar-refractivity contribution in [3.63, 3.8) is 0 Å². The molecule has 2 fully saturated rings. The SMILES string of the molecule is C[C@@H]1CC(OCc2ccccc2)C(CO[C@H]2CC[C@@H](c3ccccc3)CC2)N1C(=O)OCC(F)F. The maximum Gasteiger partial charge on any atom is 0.410 e. The predicted octanol–water partition coefficient (Wildman–Crippen LogP) is 6.18. The van der Waals surface area contributed by atoms with Crippen molar-refractivity contribution in [2.75, 3.05) is 13.2 Å². The van der Waals surface area contributed by atoms with Crippen LogP contribution in [0.15, 0.2) is 60.7 Å². The monoisotopic (exact) mass is 487 g/mol. The fourth-order valence-electron chi connectivity index (χ4n) is 5.30. The van der Waals surface area contributed by atoms with Gasteiger partial charge in [0.1, 0.15) is 0 Å². The number of likely N-dealkylation sites (tertiary alicyclic amines) is 1. The topological polar surface area (TPSA) is 48.0 Å². The molecule has 1 aliphatic heterocycles. The highest BCUT2D eigenvalue weighted by molar-refractivity contribution is 5.69. The van der Waals surface area contributed by atoms with Gasteiger partial charge in [0.2, 0.25) is 0 Å². The molecule has 1 amide bonds.